The van der Waals surface area contributed by atoms with Crippen molar-refractivity contribution in [2.75, 3.05) is 17.8 Å². The number of thioether (sulfide) groups is 1. The predicted octanol–water partition coefficient (Wildman–Crippen LogP) is 9.50. The molecule has 2 aromatic carbocycles. The molecule has 210 valence electrons. The Balaban J connectivity index is 0.00000507. The zero-order valence-electron chi connectivity index (χ0n) is 23.2. The molecule has 0 spiro atoms. The number of carbonyl (C=O) groups is 1. The Bertz CT molecular complexity index is 935. The van der Waals surface area contributed by atoms with Crippen molar-refractivity contribution < 1.29 is 9.53 Å². The van der Waals surface area contributed by atoms with Gasteiger partial charge in [-0.05, 0) is 47.2 Å². The normalized spacial score (nSPS) is 12.4. The fourth-order valence-electron chi connectivity index (χ4n) is 4.62. The van der Waals surface area contributed by atoms with Crippen LogP contribution >= 0.6 is 28.7 Å². The van der Waals surface area contributed by atoms with Crippen molar-refractivity contribution in [3.63, 3.8) is 0 Å². The van der Waals surface area contributed by atoms with Gasteiger partial charge >= 0.3 is 0 Å². The number of unbranched alkanes of at least 4 members (excludes halogenated alkanes) is 11. The average molecular weight is 604 g/mol. The highest BCUT2D eigenvalue weighted by Crippen LogP contribution is 2.20. The Morgan fingerprint density at radius 3 is 2.16 bits per heavy atom. The van der Waals surface area contributed by atoms with Crippen molar-refractivity contribution in [2.45, 2.75) is 96.9 Å². The second kappa shape index (κ2) is 20.0. The molecule has 0 saturated heterocycles. The smallest absolute Gasteiger partial charge is 0.228 e. The lowest BCUT2D eigenvalue weighted by Gasteiger charge is -2.15. The first-order valence-electron chi connectivity index (χ1n) is 14.4. The molecule has 1 N–H and O–H groups in total. The van der Waals surface area contributed by atoms with Gasteiger partial charge in [-0.3, -0.25) is 4.79 Å². The van der Waals surface area contributed by atoms with Gasteiger partial charge in [0.1, 0.15) is 5.75 Å². The van der Waals surface area contributed by atoms with Gasteiger partial charge in [0.2, 0.25) is 5.91 Å². The number of hydrogen-bond acceptors (Lipinski definition) is 4. The summed E-state index contributed by atoms with van der Waals surface area (Å²) in [6.07, 6.45) is 18.7. The molecule has 4 nitrogen and oxygen atoms in total. The molecule has 38 heavy (non-hydrogen) atoms. The summed E-state index contributed by atoms with van der Waals surface area (Å²) in [6, 6.07) is 16.0. The lowest BCUT2D eigenvalue weighted by atomic mass is 10.1. The Morgan fingerprint density at radius 2 is 1.53 bits per heavy atom. The number of rotatable bonds is 19. The molecule has 0 aliphatic carbocycles. The molecule has 0 atom stereocenters. The van der Waals surface area contributed by atoms with Gasteiger partial charge in [0.05, 0.1) is 18.9 Å². The molecular weight excluding hydrogens is 556 g/mol. The minimum absolute atomic E-state index is 0. The zero-order chi connectivity index (χ0) is 26.0. The van der Waals surface area contributed by atoms with Crippen LogP contribution in [-0.2, 0) is 17.8 Å². The molecule has 0 saturated carbocycles. The van der Waals surface area contributed by atoms with Crippen molar-refractivity contribution in [3.8, 4) is 5.75 Å². The lowest BCUT2D eigenvalue weighted by molar-refractivity contribution is -0.115. The Morgan fingerprint density at radius 1 is 0.868 bits per heavy atom. The maximum Gasteiger partial charge on any atom is 0.228 e. The van der Waals surface area contributed by atoms with Crippen LogP contribution in [0.1, 0.15) is 95.1 Å². The Kier molecular flexibility index (Phi) is 17.0. The second-order valence-corrected chi connectivity index (χ2v) is 11.0. The minimum atomic E-state index is -0.000986. The quantitative estimate of drug-likeness (QED) is 0.162. The van der Waals surface area contributed by atoms with E-state index in [4.69, 9.17) is 4.74 Å². The monoisotopic (exact) mass is 602 g/mol. The Hall–Kier alpha value is -1.92. The maximum absolute atomic E-state index is 12.6. The molecule has 0 unspecified atom stereocenters. The fraction of sp³-hybridized carbons (Fsp3) is 0.531. The van der Waals surface area contributed by atoms with E-state index in [0.717, 1.165) is 42.4 Å². The van der Waals surface area contributed by atoms with Crippen molar-refractivity contribution >= 4 is 40.3 Å². The van der Waals surface area contributed by atoms with Gasteiger partial charge in [0.25, 0.3) is 0 Å². The third-order valence-electron chi connectivity index (χ3n) is 6.76. The van der Waals surface area contributed by atoms with Crippen molar-refractivity contribution in [2.24, 2.45) is 0 Å². The molecular formula is C32H47BrN2O2S. The molecule has 0 fully saturated rings. The van der Waals surface area contributed by atoms with Gasteiger partial charge in [-0.25, -0.2) is 0 Å². The van der Waals surface area contributed by atoms with E-state index in [-0.39, 0.29) is 22.9 Å². The molecule has 1 amide bonds. The fourth-order valence-corrected chi connectivity index (χ4v) is 5.33. The van der Waals surface area contributed by atoms with E-state index in [2.05, 4.69) is 40.9 Å². The number of nitrogens with one attached hydrogen (secondary N) is 1. The van der Waals surface area contributed by atoms with Gasteiger partial charge in [-0.2, -0.15) is 0 Å². The van der Waals surface area contributed by atoms with Gasteiger partial charge in [0, 0.05) is 18.4 Å². The van der Waals surface area contributed by atoms with Gasteiger partial charge in [-0.1, -0.05) is 102 Å². The van der Waals surface area contributed by atoms with E-state index < -0.39 is 0 Å². The first-order chi connectivity index (χ1) is 18.2. The SMILES string of the molecule is Br.CCCCCCCCCCCCCCOc1ccc(CC(=O)Nc2cccc(CN3C=CSC3)c2)cc1. The summed E-state index contributed by atoms with van der Waals surface area (Å²) >= 11 is 1.80. The predicted molar refractivity (Wildman–Crippen MR) is 169 cm³/mol. The van der Waals surface area contributed by atoms with Gasteiger partial charge < -0.3 is 15.0 Å². The molecule has 3 rings (SSSR count). The summed E-state index contributed by atoms with van der Waals surface area (Å²) < 4.78 is 5.91. The van der Waals surface area contributed by atoms with Crippen LogP contribution in [0.15, 0.2) is 60.1 Å². The first kappa shape index (κ1) is 32.3. The summed E-state index contributed by atoms with van der Waals surface area (Å²) in [6.45, 7) is 3.90. The van der Waals surface area contributed by atoms with E-state index in [1.807, 2.05) is 36.4 Å². The molecule has 6 heteroatoms. The van der Waals surface area contributed by atoms with Crippen LogP contribution in [0.3, 0.4) is 0 Å². The topological polar surface area (TPSA) is 41.6 Å². The van der Waals surface area contributed by atoms with E-state index in [1.165, 1.54) is 76.2 Å². The number of anilines is 1. The van der Waals surface area contributed by atoms with Crippen LogP contribution in [0.5, 0.6) is 5.75 Å². The number of nitrogens with zero attached hydrogens (tertiary/aromatic N) is 1. The number of carbonyl (C=O) groups excluding carboxylic acids is 1. The number of ether oxygens (including phenoxy) is 1. The number of hydrogen-bond donors (Lipinski definition) is 1. The van der Waals surface area contributed by atoms with Crippen LogP contribution in [0.2, 0.25) is 0 Å². The first-order valence-corrected chi connectivity index (χ1v) is 15.4. The minimum Gasteiger partial charge on any atom is -0.494 e. The molecule has 0 aromatic heterocycles. The van der Waals surface area contributed by atoms with Crippen molar-refractivity contribution in [1.82, 2.24) is 4.90 Å². The summed E-state index contributed by atoms with van der Waals surface area (Å²) in [4.78, 5) is 14.8. The van der Waals surface area contributed by atoms with Crippen molar-refractivity contribution in [3.05, 3.63) is 71.3 Å². The Labute approximate surface area is 245 Å². The number of benzene rings is 2. The zero-order valence-corrected chi connectivity index (χ0v) is 25.7. The van der Waals surface area contributed by atoms with E-state index in [9.17, 15) is 4.79 Å². The van der Waals surface area contributed by atoms with Crippen molar-refractivity contribution in [1.29, 1.82) is 0 Å². The highest BCUT2D eigenvalue weighted by molar-refractivity contribution is 8.93. The van der Waals surface area contributed by atoms with E-state index >= 15 is 0 Å². The van der Waals surface area contributed by atoms with Crippen LogP contribution in [0.4, 0.5) is 5.69 Å². The van der Waals surface area contributed by atoms with E-state index in [1.54, 1.807) is 11.8 Å². The average Bonchev–Trinajstić information content (AvgIpc) is 3.41. The third-order valence-corrected chi connectivity index (χ3v) is 7.55. The lowest BCUT2D eigenvalue weighted by Crippen LogP contribution is -2.15. The van der Waals surface area contributed by atoms with E-state index in [0.29, 0.717) is 6.42 Å². The van der Waals surface area contributed by atoms with Crippen LogP contribution in [0.25, 0.3) is 0 Å². The maximum atomic E-state index is 12.6. The summed E-state index contributed by atoms with van der Waals surface area (Å²) in [5.74, 6) is 1.86. The van der Waals surface area contributed by atoms with Crippen LogP contribution in [0, 0.1) is 0 Å². The molecule has 1 aliphatic heterocycles. The highest BCUT2D eigenvalue weighted by Gasteiger charge is 2.08. The summed E-state index contributed by atoms with van der Waals surface area (Å²) in [5, 5.41) is 5.15. The molecule has 1 heterocycles. The molecule has 0 bridgehead atoms. The highest BCUT2D eigenvalue weighted by atomic mass is 79.9. The van der Waals surface area contributed by atoms with Crippen LogP contribution in [-0.4, -0.2) is 23.3 Å². The second-order valence-electron chi connectivity index (χ2n) is 10.1. The molecule has 1 aliphatic rings. The van der Waals surface area contributed by atoms with Gasteiger partial charge in [0.15, 0.2) is 0 Å². The number of amides is 1. The molecule has 2 aromatic rings. The van der Waals surface area contributed by atoms with Gasteiger partial charge in [-0.15, -0.1) is 28.7 Å². The summed E-state index contributed by atoms with van der Waals surface area (Å²) in [7, 11) is 0. The third kappa shape index (κ3) is 13.7. The molecule has 0 radical (unpaired) electrons. The number of halogens is 1. The largest absolute Gasteiger partial charge is 0.494 e. The standard InChI is InChI=1S/C32H46N2O2S.BrH/c1-2-3-4-5-6-7-8-9-10-11-12-13-22-36-31-19-17-28(18-20-31)25-32(35)33-30-16-14-15-29(24-30)26-34-21-23-37-27-34;/h14-21,23-24H,2-13,22,25-27H2,1H3,(H,33,35);1H. The summed E-state index contributed by atoms with van der Waals surface area (Å²) in [5.41, 5.74) is 3.03. The van der Waals surface area contributed by atoms with Crippen LogP contribution < -0.4 is 10.1 Å².